The van der Waals surface area contributed by atoms with Crippen molar-refractivity contribution in [3.05, 3.63) is 12.3 Å². The standard InChI is InChI=1S/C9H14N2O2/c1-2-3-4-5-9(12)10-8-6-7-13-11-8/h6-7H,2-5H2,1H3,(H,10,11,12). The summed E-state index contributed by atoms with van der Waals surface area (Å²) in [6, 6.07) is 1.62. The topological polar surface area (TPSA) is 55.1 Å². The molecule has 1 heterocycles. The van der Waals surface area contributed by atoms with Crippen LogP contribution in [-0.4, -0.2) is 11.1 Å². The Labute approximate surface area is 77.3 Å². The third-order valence-electron chi connectivity index (χ3n) is 1.71. The van der Waals surface area contributed by atoms with Crippen molar-refractivity contribution >= 4 is 11.7 Å². The number of nitrogens with one attached hydrogen (secondary N) is 1. The number of carbonyl (C=O) groups is 1. The molecule has 4 nitrogen and oxygen atoms in total. The molecule has 0 aliphatic rings. The fourth-order valence-corrected chi connectivity index (χ4v) is 1.02. The molecule has 0 atom stereocenters. The molecule has 0 saturated heterocycles. The van der Waals surface area contributed by atoms with E-state index in [1.54, 1.807) is 6.07 Å². The Hall–Kier alpha value is -1.32. The summed E-state index contributed by atoms with van der Waals surface area (Å²) in [5.74, 6) is 0.490. The van der Waals surface area contributed by atoms with Crippen LogP contribution in [0.15, 0.2) is 16.9 Å². The SMILES string of the molecule is CCCCCC(=O)Nc1ccon1. The van der Waals surface area contributed by atoms with E-state index < -0.39 is 0 Å². The molecule has 1 amide bonds. The average molecular weight is 182 g/mol. The van der Waals surface area contributed by atoms with Crippen LogP contribution in [0.3, 0.4) is 0 Å². The lowest BCUT2D eigenvalue weighted by molar-refractivity contribution is -0.116. The predicted octanol–water partition coefficient (Wildman–Crippen LogP) is 2.19. The van der Waals surface area contributed by atoms with Crippen LogP contribution >= 0.6 is 0 Å². The van der Waals surface area contributed by atoms with Crippen LogP contribution in [0, 0.1) is 0 Å². The van der Waals surface area contributed by atoms with E-state index in [0.717, 1.165) is 19.3 Å². The smallest absolute Gasteiger partial charge is 0.225 e. The van der Waals surface area contributed by atoms with Crippen LogP contribution in [0.2, 0.25) is 0 Å². The molecular formula is C9H14N2O2. The summed E-state index contributed by atoms with van der Waals surface area (Å²) in [4.78, 5) is 11.2. The minimum atomic E-state index is 0.00218. The molecule has 1 aromatic heterocycles. The van der Waals surface area contributed by atoms with Crippen LogP contribution in [0.4, 0.5) is 5.82 Å². The molecule has 1 N–H and O–H groups in total. The summed E-state index contributed by atoms with van der Waals surface area (Å²) in [6.45, 7) is 2.11. The largest absolute Gasteiger partial charge is 0.363 e. The van der Waals surface area contributed by atoms with Crippen molar-refractivity contribution < 1.29 is 9.32 Å². The number of aromatic nitrogens is 1. The van der Waals surface area contributed by atoms with Gasteiger partial charge in [-0.25, -0.2) is 0 Å². The molecule has 0 aromatic carbocycles. The molecule has 0 radical (unpaired) electrons. The third kappa shape index (κ3) is 3.73. The van der Waals surface area contributed by atoms with Gasteiger partial charge in [-0.1, -0.05) is 24.9 Å². The van der Waals surface area contributed by atoms with Gasteiger partial charge in [0.15, 0.2) is 5.82 Å². The zero-order chi connectivity index (χ0) is 9.52. The van der Waals surface area contributed by atoms with E-state index in [0.29, 0.717) is 12.2 Å². The van der Waals surface area contributed by atoms with Crippen LogP contribution in [0.5, 0.6) is 0 Å². The van der Waals surface area contributed by atoms with E-state index in [1.165, 1.54) is 6.26 Å². The maximum atomic E-state index is 11.2. The fraction of sp³-hybridized carbons (Fsp3) is 0.556. The Kier molecular flexibility index (Phi) is 4.02. The highest BCUT2D eigenvalue weighted by Crippen LogP contribution is 2.04. The molecule has 0 bridgehead atoms. The first-order chi connectivity index (χ1) is 6.33. The van der Waals surface area contributed by atoms with Crippen LogP contribution in [-0.2, 0) is 4.79 Å². The first-order valence-electron chi connectivity index (χ1n) is 4.53. The number of carbonyl (C=O) groups excluding carboxylic acids is 1. The van der Waals surface area contributed by atoms with E-state index >= 15 is 0 Å². The van der Waals surface area contributed by atoms with Crippen molar-refractivity contribution in [2.75, 3.05) is 5.32 Å². The van der Waals surface area contributed by atoms with Gasteiger partial charge in [-0.05, 0) is 6.42 Å². The van der Waals surface area contributed by atoms with Gasteiger partial charge in [-0.2, -0.15) is 0 Å². The van der Waals surface area contributed by atoms with Crippen LogP contribution in [0.25, 0.3) is 0 Å². The molecule has 72 valence electrons. The van der Waals surface area contributed by atoms with Crippen molar-refractivity contribution in [2.45, 2.75) is 32.6 Å². The Bertz CT molecular complexity index is 244. The predicted molar refractivity (Wildman–Crippen MR) is 49.3 cm³/mol. The van der Waals surface area contributed by atoms with Crippen LogP contribution in [0.1, 0.15) is 32.6 Å². The molecule has 0 aliphatic carbocycles. The molecule has 1 rings (SSSR count). The molecule has 4 heteroatoms. The summed E-state index contributed by atoms with van der Waals surface area (Å²) in [7, 11) is 0. The monoisotopic (exact) mass is 182 g/mol. The van der Waals surface area contributed by atoms with Crippen LogP contribution < -0.4 is 5.32 Å². The van der Waals surface area contributed by atoms with Gasteiger partial charge < -0.3 is 9.84 Å². The van der Waals surface area contributed by atoms with Crippen molar-refractivity contribution in [1.29, 1.82) is 0 Å². The summed E-state index contributed by atoms with van der Waals surface area (Å²) in [5, 5.41) is 6.21. The zero-order valence-electron chi connectivity index (χ0n) is 7.75. The first kappa shape index (κ1) is 9.77. The molecule has 0 spiro atoms. The number of nitrogens with zero attached hydrogens (tertiary/aromatic N) is 1. The van der Waals surface area contributed by atoms with Gasteiger partial charge in [0.1, 0.15) is 6.26 Å². The van der Waals surface area contributed by atoms with E-state index in [4.69, 9.17) is 0 Å². The molecule has 1 aromatic rings. The highest BCUT2D eigenvalue weighted by atomic mass is 16.5. The maximum Gasteiger partial charge on any atom is 0.225 e. The first-order valence-corrected chi connectivity index (χ1v) is 4.53. The third-order valence-corrected chi connectivity index (χ3v) is 1.71. The number of amides is 1. The summed E-state index contributed by atoms with van der Waals surface area (Å²) < 4.78 is 4.58. The Morgan fingerprint density at radius 2 is 2.46 bits per heavy atom. The van der Waals surface area contributed by atoms with Gasteiger partial charge in [-0.3, -0.25) is 4.79 Å². The number of anilines is 1. The fourth-order valence-electron chi connectivity index (χ4n) is 1.02. The molecule has 13 heavy (non-hydrogen) atoms. The molecule has 0 saturated carbocycles. The Balaban J connectivity index is 2.18. The Morgan fingerprint density at radius 3 is 3.08 bits per heavy atom. The molecule has 0 aliphatic heterocycles. The molecular weight excluding hydrogens is 168 g/mol. The summed E-state index contributed by atoms with van der Waals surface area (Å²) in [5.41, 5.74) is 0. The second-order valence-corrected chi connectivity index (χ2v) is 2.89. The molecule has 0 fully saturated rings. The van der Waals surface area contributed by atoms with Crippen molar-refractivity contribution in [3.8, 4) is 0 Å². The van der Waals surface area contributed by atoms with Crippen molar-refractivity contribution in [1.82, 2.24) is 5.16 Å². The maximum absolute atomic E-state index is 11.2. The number of hydrogen-bond donors (Lipinski definition) is 1. The van der Waals surface area contributed by atoms with Crippen molar-refractivity contribution in [2.24, 2.45) is 0 Å². The van der Waals surface area contributed by atoms with Gasteiger partial charge in [-0.15, -0.1) is 0 Å². The lowest BCUT2D eigenvalue weighted by atomic mass is 10.2. The minimum absolute atomic E-state index is 0.00218. The second-order valence-electron chi connectivity index (χ2n) is 2.89. The van der Waals surface area contributed by atoms with Gasteiger partial charge in [0.2, 0.25) is 5.91 Å². The van der Waals surface area contributed by atoms with Crippen molar-refractivity contribution in [3.63, 3.8) is 0 Å². The number of unbranched alkanes of at least 4 members (excludes halogenated alkanes) is 2. The van der Waals surface area contributed by atoms with Gasteiger partial charge in [0.25, 0.3) is 0 Å². The normalized spacial score (nSPS) is 9.92. The van der Waals surface area contributed by atoms with E-state index in [2.05, 4.69) is 21.9 Å². The average Bonchev–Trinajstić information content (AvgIpc) is 2.57. The zero-order valence-corrected chi connectivity index (χ0v) is 7.75. The highest BCUT2D eigenvalue weighted by molar-refractivity contribution is 5.89. The summed E-state index contributed by atoms with van der Waals surface area (Å²) in [6.07, 6.45) is 5.13. The lowest BCUT2D eigenvalue weighted by Gasteiger charge is -1.99. The highest BCUT2D eigenvalue weighted by Gasteiger charge is 2.02. The summed E-state index contributed by atoms with van der Waals surface area (Å²) >= 11 is 0. The van der Waals surface area contributed by atoms with E-state index in [1.807, 2.05) is 0 Å². The van der Waals surface area contributed by atoms with E-state index in [-0.39, 0.29) is 5.91 Å². The lowest BCUT2D eigenvalue weighted by Crippen LogP contribution is -2.10. The Morgan fingerprint density at radius 1 is 1.62 bits per heavy atom. The van der Waals surface area contributed by atoms with Gasteiger partial charge >= 0.3 is 0 Å². The van der Waals surface area contributed by atoms with E-state index in [9.17, 15) is 4.79 Å². The molecule has 0 unspecified atom stereocenters. The minimum Gasteiger partial charge on any atom is -0.363 e. The van der Waals surface area contributed by atoms with Gasteiger partial charge in [0, 0.05) is 12.5 Å². The number of hydrogen-bond acceptors (Lipinski definition) is 3. The van der Waals surface area contributed by atoms with Gasteiger partial charge in [0.05, 0.1) is 0 Å². The second kappa shape index (κ2) is 5.35. The number of rotatable bonds is 5. The quantitative estimate of drug-likeness (QED) is 0.710.